The van der Waals surface area contributed by atoms with E-state index in [1.165, 1.54) is 0 Å². The number of rotatable bonds is 4. The average Bonchev–Trinajstić information content (AvgIpc) is 2.19. The Labute approximate surface area is 97.3 Å². The van der Waals surface area contributed by atoms with Crippen LogP contribution in [0.2, 0.25) is 0 Å². The molecule has 82 valence electrons. The van der Waals surface area contributed by atoms with Crippen LogP contribution >= 0.6 is 23.9 Å². The molecule has 1 N–H and O–H groups in total. The molecule has 0 bridgehead atoms. The van der Waals surface area contributed by atoms with E-state index in [2.05, 4.69) is 0 Å². The van der Waals surface area contributed by atoms with Gasteiger partial charge in [-0.15, -0.1) is 0 Å². The molecule has 0 atom stereocenters. The molecule has 0 aromatic carbocycles. The Morgan fingerprint density at radius 2 is 1.60 bits per heavy atom. The molecular formula is C7H11N5OS2. The van der Waals surface area contributed by atoms with Crippen molar-refractivity contribution in [3.8, 4) is 10.8 Å². The molecule has 1 aliphatic heterocycles. The third-order valence-electron chi connectivity index (χ3n) is 1.79. The minimum atomic E-state index is 0.0795. The lowest BCUT2D eigenvalue weighted by atomic mass is 10.5. The van der Waals surface area contributed by atoms with Gasteiger partial charge in [-0.25, -0.2) is 8.61 Å². The third-order valence-corrected chi connectivity index (χ3v) is 2.93. The third kappa shape index (κ3) is 4.26. The van der Waals surface area contributed by atoms with Gasteiger partial charge in [-0.05, 0) is 0 Å². The zero-order valence-corrected chi connectivity index (χ0v) is 9.67. The highest BCUT2D eigenvalue weighted by molar-refractivity contribution is 8.02. The molecule has 0 aromatic heterocycles. The van der Waals surface area contributed by atoms with Gasteiger partial charge < -0.3 is 5.11 Å². The van der Waals surface area contributed by atoms with E-state index >= 15 is 0 Å². The van der Waals surface area contributed by atoms with Crippen LogP contribution in [-0.2, 0) is 0 Å². The Bertz CT molecular complexity index is 252. The van der Waals surface area contributed by atoms with Gasteiger partial charge in [-0.2, -0.15) is 10.5 Å². The largest absolute Gasteiger partial charge is 0.395 e. The van der Waals surface area contributed by atoms with Crippen molar-refractivity contribution in [3.05, 3.63) is 0 Å². The van der Waals surface area contributed by atoms with Gasteiger partial charge >= 0.3 is 0 Å². The zero-order chi connectivity index (χ0) is 11.1. The Balaban J connectivity index is 2.49. The molecule has 0 unspecified atom stereocenters. The van der Waals surface area contributed by atoms with Gasteiger partial charge in [0, 0.05) is 30.4 Å². The smallest absolute Gasteiger partial charge is 0.150 e. The van der Waals surface area contributed by atoms with Crippen LogP contribution in [-0.4, -0.2) is 51.8 Å². The summed E-state index contributed by atoms with van der Waals surface area (Å²) in [6.07, 6.45) is 0. The molecule has 0 aliphatic carbocycles. The molecule has 1 fully saturated rings. The van der Waals surface area contributed by atoms with Crippen molar-refractivity contribution in [2.45, 2.75) is 0 Å². The maximum absolute atomic E-state index is 8.83. The molecule has 1 rings (SSSR count). The van der Waals surface area contributed by atoms with E-state index in [9.17, 15) is 0 Å². The first-order valence-electron chi connectivity index (χ1n) is 4.25. The first kappa shape index (κ1) is 12.6. The van der Waals surface area contributed by atoms with Crippen molar-refractivity contribution < 1.29 is 5.11 Å². The van der Waals surface area contributed by atoms with E-state index < -0.39 is 0 Å². The van der Waals surface area contributed by atoms with Gasteiger partial charge in [0.15, 0.2) is 0 Å². The van der Waals surface area contributed by atoms with Gasteiger partial charge in [0.25, 0.3) is 0 Å². The van der Waals surface area contributed by atoms with Crippen molar-refractivity contribution in [2.24, 2.45) is 0 Å². The maximum atomic E-state index is 8.83. The fourth-order valence-electron chi connectivity index (χ4n) is 1.27. The van der Waals surface area contributed by atoms with Gasteiger partial charge in [-0.1, -0.05) is 0 Å². The number of nitriles is 2. The van der Waals surface area contributed by atoms with Crippen molar-refractivity contribution in [1.29, 1.82) is 10.5 Å². The summed E-state index contributed by atoms with van der Waals surface area (Å²) < 4.78 is 3.67. The normalized spacial score (nSPS) is 19.7. The Morgan fingerprint density at radius 3 is 2.00 bits per heavy atom. The first-order valence-corrected chi connectivity index (χ1v) is 5.80. The van der Waals surface area contributed by atoms with Crippen molar-refractivity contribution in [3.63, 3.8) is 0 Å². The fourth-order valence-corrected chi connectivity index (χ4v) is 2.41. The van der Waals surface area contributed by atoms with Crippen molar-refractivity contribution in [2.75, 3.05) is 33.2 Å². The lowest BCUT2D eigenvalue weighted by molar-refractivity contribution is 0.0626. The number of β-amino-alcohol motifs (C(OH)–C–C–N with tert-alkyl or cyclic N) is 1. The molecule has 15 heavy (non-hydrogen) atoms. The van der Waals surface area contributed by atoms with Crippen LogP contribution in [0.3, 0.4) is 0 Å². The van der Waals surface area contributed by atoms with Gasteiger partial charge in [0.2, 0.25) is 0 Å². The van der Waals surface area contributed by atoms with E-state index in [0.29, 0.717) is 26.6 Å². The molecule has 0 aromatic rings. The fraction of sp³-hybridized carbons (Fsp3) is 0.714. The number of nitrogens with zero attached hydrogens (tertiary/aromatic N) is 5. The molecule has 0 saturated carbocycles. The van der Waals surface area contributed by atoms with Crippen molar-refractivity contribution in [1.82, 2.24) is 13.5 Å². The molecule has 1 aliphatic rings. The van der Waals surface area contributed by atoms with E-state index in [-0.39, 0.29) is 6.61 Å². The molecule has 1 saturated heterocycles. The minimum Gasteiger partial charge on any atom is -0.395 e. The summed E-state index contributed by atoms with van der Waals surface area (Å²) in [5, 5.41) is 30.0. The van der Waals surface area contributed by atoms with Crippen LogP contribution in [0, 0.1) is 21.3 Å². The lowest BCUT2D eigenvalue weighted by Crippen LogP contribution is -2.50. The van der Waals surface area contributed by atoms with Gasteiger partial charge in [-0.3, -0.25) is 4.90 Å². The van der Waals surface area contributed by atoms with E-state index in [0.717, 1.165) is 23.9 Å². The van der Waals surface area contributed by atoms with Crippen LogP contribution in [0.5, 0.6) is 0 Å². The highest BCUT2D eigenvalue weighted by Gasteiger charge is 2.23. The van der Waals surface area contributed by atoms with Crippen LogP contribution < -0.4 is 0 Å². The zero-order valence-electron chi connectivity index (χ0n) is 8.04. The summed E-state index contributed by atoms with van der Waals surface area (Å²) in [5.74, 6) is 0. The number of hydrogen-bond donors (Lipinski definition) is 1. The molecule has 0 radical (unpaired) electrons. The topological polar surface area (TPSA) is 77.5 Å². The van der Waals surface area contributed by atoms with Crippen molar-refractivity contribution >= 4 is 23.9 Å². The summed E-state index contributed by atoms with van der Waals surface area (Å²) in [6.45, 7) is 2.45. The standard InChI is InChI=1S/C7H11N5OS2/c8-3-14-11-5-10(1-2-13)6-12(7-11)15-4-9/h13H,1-2,5-7H2. The predicted molar refractivity (Wildman–Crippen MR) is 58.5 cm³/mol. The summed E-state index contributed by atoms with van der Waals surface area (Å²) in [6, 6.07) is 0. The van der Waals surface area contributed by atoms with Crippen LogP contribution in [0.25, 0.3) is 0 Å². The maximum Gasteiger partial charge on any atom is 0.150 e. The summed E-state index contributed by atoms with van der Waals surface area (Å²) >= 11 is 2.13. The second-order valence-corrected chi connectivity index (χ2v) is 4.63. The Morgan fingerprint density at radius 1 is 1.07 bits per heavy atom. The average molecular weight is 245 g/mol. The number of hydrogen-bond acceptors (Lipinski definition) is 8. The SMILES string of the molecule is N#CSN1CN(CCO)CN(SC#N)C1. The van der Waals surface area contributed by atoms with Crippen LogP contribution in [0.4, 0.5) is 0 Å². The number of aliphatic hydroxyl groups excluding tert-OH is 1. The molecular weight excluding hydrogens is 234 g/mol. The van der Waals surface area contributed by atoms with Crippen LogP contribution in [0.1, 0.15) is 0 Å². The summed E-state index contributed by atoms with van der Waals surface area (Å²) in [5.41, 5.74) is 0. The summed E-state index contributed by atoms with van der Waals surface area (Å²) in [4.78, 5) is 1.97. The number of aliphatic hydroxyl groups is 1. The van der Waals surface area contributed by atoms with Gasteiger partial charge in [0.05, 0.1) is 26.6 Å². The minimum absolute atomic E-state index is 0.0795. The van der Waals surface area contributed by atoms with E-state index in [1.54, 1.807) is 0 Å². The molecule has 0 spiro atoms. The monoisotopic (exact) mass is 245 g/mol. The Hall–Kier alpha value is -0.480. The second kappa shape index (κ2) is 6.90. The molecule has 8 heteroatoms. The Kier molecular flexibility index (Phi) is 5.79. The molecule has 0 amide bonds. The summed E-state index contributed by atoms with van der Waals surface area (Å²) in [7, 11) is 0. The van der Waals surface area contributed by atoms with E-state index in [1.807, 2.05) is 24.3 Å². The number of thiocyanates is 2. The highest BCUT2D eigenvalue weighted by atomic mass is 32.2. The molecule has 1 heterocycles. The highest BCUT2D eigenvalue weighted by Crippen LogP contribution is 2.20. The first-order chi connectivity index (χ1) is 7.30. The van der Waals surface area contributed by atoms with Gasteiger partial charge in [0.1, 0.15) is 10.8 Å². The predicted octanol–water partition coefficient (Wildman–Crippen LogP) is 0.0294. The lowest BCUT2D eigenvalue weighted by Gasteiger charge is -2.38. The quantitative estimate of drug-likeness (QED) is 0.549. The molecule has 6 nitrogen and oxygen atoms in total. The van der Waals surface area contributed by atoms with Crippen LogP contribution in [0.15, 0.2) is 0 Å². The second-order valence-electron chi connectivity index (χ2n) is 2.87. The van der Waals surface area contributed by atoms with E-state index in [4.69, 9.17) is 15.6 Å².